The molecule has 0 radical (unpaired) electrons. The molecule has 0 bridgehead atoms. The standard InChI is InChI=1S/C10H13NO.C10H15N.C9H12N2O.C9H14N2/c1-10(2,3)9(12)8-6-4-5-7-11-8;1-10(2,3)8-9-6-4-5-7-11-9;1-9(2,3)7(12)8-10-5-4-6-11-8;1-9(2,3)7-8-10-5-4-6-11-8/h4-7H,1-3H3;4-7H,8H2,1-3H3;4-6H,1-3H3;4-6H,7H2,1-3H3. The van der Waals surface area contributed by atoms with Gasteiger partial charge in [0, 0.05) is 60.1 Å². The van der Waals surface area contributed by atoms with Crippen LogP contribution in [0, 0.1) is 21.7 Å². The van der Waals surface area contributed by atoms with Crippen LogP contribution in [0.3, 0.4) is 0 Å². The zero-order valence-electron chi connectivity index (χ0n) is 30.0. The third-order valence-corrected chi connectivity index (χ3v) is 5.77. The molecular formula is C38H54N6O2. The van der Waals surface area contributed by atoms with Gasteiger partial charge < -0.3 is 0 Å². The van der Waals surface area contributed by atoms with Crippen molar-refractivity contribution in [2.75, 3.05) is 0 Å². The van der Waals surface area contributed by atoms with Gasteiger partial charge in [0.05, 0.1) is 0 Å². The number of hydrogen-bond donors (Lipinski definition) is 0. The van der Waals surface area contributed by atoms with Crippen molar-refractivity contribution in [3.05, 3.63) is 109 Å². The molecule has 0 fully saturated rings. The molecule has 8 nitrogen and oxygen atoms in total. The van der Waals surface area contributed by atoms with Gasteiger partial charge in [-0.05, 0) is 53.6 Å². The van der Waals surface area contributed by atoms with Gasteiger partial charge in [-0.25, -0.2) is 19.9 Å². The lowest BCUT2D eigenvalue weighted by Gasteiger charge is -2.16. The Hall–Kier alpha value is -4.20. The molecule has 0 aromatic carbocycles. The molecule has 0 amide bonds. The van der Waals surface area contributed by atoms with Crippen LogP contribution in [0.5, 0.6) is 0 Å². The summed E-state index contributed by atoms with van der Waals surface area (Å²) >= 11 is 0. The molecule has 4 aromatic rings. The van der Waals surface area contributed by atoms with Crippen LogP contribution in [0.25, 0.3) is 0 Å². The third-order valence-electron chi connectivity index (χ3n) is 5.77. The van der Waals surface area contributed by atoms with Crippen molar-refractivity contribution < 1.29 is 9.59 Å². The minimum atomic E-state index is -0.401. The van der Waals surface area contributed by atoms with E-state index in [0.29, 0.717) is 16.9 Å². The maximum absolute atomic E-state index is 11.6. The number of pyridine rings is 2. The highest BCUT2D eigenvalue weighted by atomic mass is 16.1. The summed E-state index contributed by atoms with van der Waals surface area (Å²) in [5, 5.41) is 0. The molecule has 0 spiro atoms. The minimum Gasteiger partial charge on any atom is -0.292 e. The van der Waals surface area contributed by atoms with Crippen LogP contribution >= 0.6 is 0 Å². The molecule has 0 aliphatic rings. The van der Waals surface area contributed by atoms with Crippen molar-refractivity contribution in [1.82, 2.24) is 29.9 Å². The lowest BCUT2D eigenvalue weighted by molar-refractivity contribution is 0.0843. The SMILES string of the molecule is CC(C)(C)C(=O)c1ccccn1.CC(C)(C)C(=O)c1ncccn1.CC(C)(C)Cc1ccccn1.CC(C)(C)Cc1ncccn1. The van der Waals surface area contributed by atoms with E-state index in [-0.39, 0.29) is 22.4 Å². The van der Waals surface area contributed by atoms with Crippen LogP contribution in [0.15, 0.2) is 85.7 Å². The maximum atomic E-state index is 11.6. The fourth-order valence-corrected chi connectivity index (χ4v) is 3.57. The van der Waals surface area contributed by atoms with Crippen molar-refractivity contribution >= 4 is 11.6 Å². The molecule has 0 saturated heterocycles. The molecule has 0 aliphatic carbocycles. The zero-order valence-corrected chi connectivity index (χ0v) is 30.0. The summed E-state index contributed by atoms with van der Waals surface area (Å²) in [6.07, 6.45) is 12.2. The van der Waals surface area contributed by atoms with Gasteiger partial charge in [-0.3, -0.25) is 19.6 Å². The number of aromatic nitrogens is 6. The number of Topliss-reactive ketones (excluding diaryl/α,β-unsaturated/α-hetero) is 2. The lowest BCUT2D eigenvalue weighted by atomic mass is 9.89. The highest BCUT2D eigenvalue weighted by Crippen LogP contribution is 2.20. The Kier molecular flexibility index (Phi) is 15.6. The summed E-state index contributed by atoms with van der Waals surface area (Å²) in [5.41, 5.74) is 1.61. The summed E-state index contributed by atoms with van der Waals surface area (Å²) in [4.78, 5) is 47.5. The van der Waals surface area contributed by atoms with Gasteiger partial charge in [-0.15, -0.1) is 0 Å². The van der Waals surface area contributed by atoms with E-state index in [1.807, 2.05) is 72.0 Å². The lowest BCUT2D eigenvalue weighted by Crippen LogP contribution is -2.22. The first-order chi connectivity index (χ1) is 21.2. The summed E-state index contributed by atoms with van der Waals surface area (Å²) in [7, 11) is 0. The molecular weight excluding hydrogens is 572 g/mol. The molecule has 0 atom stereocenters. The van der Waals surface area contributed by atoms with Crippen LogP contribution in [0.4, 0.5) is 0 Å². The predicted octanol–water partition coefficient (Wildman–Crippen LogP) is 8.75. The van der Waals surface area contributed by atoms with E-state index in [1.165, 1.54) is 5.69 Å². The first kappa shape index (κ1) is 39.8. The summed E-state index contributed by atoms with van der Waals surface area (Å²) in [6.45, 7) is 24.5. The first-order valence-electron chi connectivity index (χ1n) is 15.6. The molecule has 46 heavy (non-hydrogen) atoms. The fourth-order valence-electron chi connectivity index (χ4n) is 3.57. The molecule has 0 unspecified atom stereocenters. The summed E-state index contributed by atoms with van der Waals surface area (Å²) in [6, 6.07) is 15.0. The van der Waals surface area contributed by atoms with Crippen molar-refractivity contribution in [1.29, 1.82) is 0 Å². The molecule has 248 valence electrons. The monoisotopic (exact) mass is 626 g/mol. The molecule has 8 heteroatoms. The molecule has 4 aromatic heterocycles. The second-order valence-corrected chi connectivity index (χ2v) is 15.4. The first-order valence-corrected chi connectivity index (χ1v) is 15.6. The Morgan fingerprint density at radius 3 is 1.30 bits per heavy atom. The summed E-state index contributed by atoms with van der Waals surface area (Å²) < 4.78 is 0. The van der Waals surface area contributed by atoms with E-state index in [0.717, 1.165) is 18.7 Å². The van der Waals surface area contributed by atoms with E-state index in [1.54, 1.807) is 49.2 Å². The van der Waals surface area contributed by atoms with Crippen LogP contribution in [-0.4, -0.2) is 41.5 Å². The van der Waals surface area contributed by atoms with Crippen molar-refractivity contribution in [2.45, 2.75) is 95.9 Å². The van der Waals surface area contributed by atoms with Gasteiger partial charge in [0.15, 0.2) is 11.6 Å². The second kappa shape index (κ2) is 18.1. The van der Waals surface area contributed by atoms with E-state index in [9.17, 15) is 9.59 Å². The van der Waals surface area contributed by atoms with Crippen LogP contribution in [0.2, 0.25) is 0 Å². The highest BCUT2D eigenvalue weighted by molar-refractivity contribution is 5.98. The fraction of sp³-hybridized carbons (Fsp3) is 0.474. The average molecular weight is 627 g/mol. The third kappa shape index (κ3) is 17.9. The number of carbonyl (C=O) groups excluding carboxylic acids is 2. The van der Waals surface area contributed by atoms with Gasteiger partial charge in [0.1, 0.15) is 11.5 Å². The molecule has 0 saturated carbocycles. The molecule has 4 rings (SSSR count). The highest BCUT2D eigenvalue weighted by Gasteiger charge is 2.25. The largest absolute Gasteiger partial charge is 0.292 e. The van der Waals surface area contributed by atoms with E-state index >= 15 is 0 Å². The Morgan fingerprint density at radius 2 is 0.913 bits per heavy atom. The van der Waals surface area contributed by atoms with Gasteiger partial charge in [-0.1, -0.05) is 95.2 Å². The number of hydrogen-bond acceptors (Lipinski definition) is 8. The van der Waals surface area contributed by atoms with Crippen LogP contribution < -0.4 is 0 Å². The maximum Gasteiger partial charge on any atom is 0.205 e. The Morgan fingerprint density at radius 1 is 0.478 bits per heavy atom. The predicted molar refractivity (Wildman–Crippen MR) is 186 cm³/mol. The Bertz CT molecular complexity index is 1310. The van der Waals surface area contributed by atoms with Gasteiger partial charge in [0.25, 0.3) is 0 Å². The Balaban J connectivity index is 0.000000307. The molecule has 4 heterocycles. The normalized spacial score (nSPS) is 11.4. The smallest absolute Gasteiger partial charge is 0.205 e. The summed E-state index contributed by atoms with van der Waals surface area (Å²) in [5.74, 6) is 1.29. The molecule has 0 N–H and O–H groups in total. The van der Waals surface area contributed by atoms with Crippen molar-refractivity contribution in [2.24, 2.45) is 21.7 Å². The zero-order chi connectivity index (χ0) is 35.0. The topological polar surface area (TPSA) is 111 Å². The van der Waals surface area contributed by atoms with Gasteiger partial charge in [0.2, 0.25) is 5.78 Å². The average Bonchev–Trinajstić information content (AvgIpc) is 2.97. The second-order valence-electron chi connectivity index (χ2n) is 15.4. The number of ketones is 2. The Labute approximate surface area is 277 Å². The number of carbonyl (C=O) groups is 2. The number of rotatable bonds is 4. The van der Waals surface area contributed by atoms with Gasteiger partial charge in [-0.2, -0.15) is 0 Å². The van der Waals surface area contributed by atoms with E-state index < -0.39 is 5.41 Å². The molecule has 0 aliphatic heterocycles. The van der Waals surface area contributed by atoms with Crippen LogP contribution in [0.1, 0.15) is 116 Å². The minimum absolute atomic E-state index is 0.0249. The number of nitrogens with zero attached hydrogens (tertiary/aromatic N) is 6. The van der Waals surface area contributed by atoms with Crippen LogP contribution in [-0.2, 0) is 12.8 Å². The van der Waals surface area contributed by atoms with Crippen molar-refractivity contribution in [3.63, 3.8) is 0 Å². The van der Waals surface area contributed by atoms with Crippen molar-refractivity contribution in [3.8, 4) is 0 Å². The quantitative estimate of drug-likeness (QED) is 0.207. The van der Waals surface area contributed by atoms with E-state index in [4.69, 9.17) is 0 Å². The van der Waals surface area contributed by atoms with Gasteiger partial charge >= 0.3 is 0 Å². The van der Waals surface area contributed by atoms with E-state index in [2.05, 4.69) is 77.5 Å².